The molecule has 0 aromatic heterocycles. The van der Waals surface area contributed by atoms with Gasteiger partial charge in [0, 0.05) is 17.7 Å². The molecule has 0 N–H and O–H groups in total. The number of rotatable bonds is 9. The van der Waals surface area contributed by atoms with Crippen molar-refractivity contribution >= 4 is 11.8 Å². The molecule has 2 rings (SSSR count). The van der Waals surface area contributed by atoms with Crippen LogP contribution >= 0.6 is 0 Å². The van der Waals surface area contributed by atoms with Crippen LogP contribution in [0.2, 0.25) is 0 Å². The van der Waals surface area contributed by atoms with Crippen LogP contribution in [0.15, 0.2) is 102 Å². The molecule has 0 bridgehead atoms. The van der Waals surface area contributed by atoms with Gasteiger partial charge in [0.05, 0.1) is 6.04 Å². The molecule has 0 aliphatic heterocycles. The van der Waals surface area contributed by atoms with Crippen molar-refractivity contribution in [2.75, 3.05) is 0 Å². The van der Waals surface area contributed by atoms with Gasteiger partial charge in [0.1, 0.15) is 0 Å². The summed E-state index contributed by atoms with van der Waals surface area (Å²) in [7, 11) is 0. The van der Waals surface area contributed by atoms with Gasteiger partial charge in [-0.05, 0) is 49.3 Å². The van der Waals surface area contributed by atoms with Crippen molar-refractivity contribution in [3.63, 3.8) is 0 Å². The lowest BCUT2D eigenvalue weighted by molar-refractivity contribution is 0.420. The number of benzene rings is 2. The van der Waals surface area contributed by atoms with E-state index in [0.717, 1.165) is 18.6 Å². The Hall–Kier alpha value is -2.93. The summed E-state index contributed by atoms with van der Waals surface area (Å²) in [6.07, 6.45) is 12.4. The van der Waals surface area contributed by atoms with Crippen molar-refractivity contribution in [1.29, 1.82) is 0 Å². The maximum atomic E-state index is 5.25. The summed E-state index contributed by atoms with van der Waals surface area (Å²) in [6.45, 7) is 17.2. The Balaban J connectivity index is 2.54. The number of hydrogen-bond acceptors (Lipinski definition) is 1. The van der Waals surface area contributed by atoms with Crippen LogP contribution in [0, 0.1) is 5.41 Å². The molecular formula is C31H39N. The average Bonchev–Trinajstić information content (AvgIpc) is 2.77. The number of nitrogens with zero attached hydrogens (tertiary/aromatic N) is 1. The van der Waals surface area contributed by atoms with E-state index in [1.165, 1.54) is 27.8 Å². The minimum absolute atomic E-state index is 0.0775. The van der Waals surface area contributed by atoms with Crippen LogP contribution in [0.3, 0.4) is 0 Å². The van der Waals surface area contributed by atoms with Gasteiger partial charge in [-0.2, -0.15) is 0 Å². The molecule has 1 atom stereocenters. The predicted molar refractivity (Wildman–Crippen MR) is 143 cm³/mol. The van der Waals surface area contributed by atoms with Gasteiger partial charge in [0.15, 0.2) is 0 Å². The molecule has 0 radical (unpaired) electrons. The van der Waals surface area contributed by atoms with Crippen LogP contribution in [0.5, 0.6) is 0 Å². The van der Waals surface area contributed by atoms with Crippen molar-refractivity contribution in [2.45, 2.75) is 60.4 Å². The fourth-order valence-corrected chi connectivity index (χ4v) is 3.58. The van der Waals surface area contributed by atoms with Gasteiger partial charge in [0.25, 0.3) is 0 Å². The molecule has 0 aliphatic rings. The van der Waals surface area contributed by atoms with E-state index in [1.54, 1.807) is 0 Å². The van der Waals surface area contributed by atoms with Crippen LogP contribution in [-0.4, -0.2) is 5.71 Å². The van der Waals surface area contributed by atoms with Gasteiger partial charge in [-0.1, -0.05) is 118 Å². The predicted octanol–water partition coefficient (Wildman–Crippen LogP) is 9.15. The zero-order chi connectivity index (χ0) is 23.6. The Kier molecular flexibility index (Phi) is 9.65. The van der Waals surface area contributed by atoms with Gasteiger partial charge in [-0.3, -0.25) is 4.99 Å². The molecule has 0 heterocycles. The van der Waals surface area contributed by atoms with E-state index in [2.05, 4.69) is 127 Å². The summed E-state index contributed by atoms with van der Waals surface area (Å²) in [4.78, 5) is 5.25. The SMILES string of the molecule is C=C/C=C(CC(=NC(C)c1ccccc1)c1ccccc1/C=C\C)\C(C)=C/CC(C)(C)C. The van der Waals surface area contributed by atoms with E-state index in [0.29, 0.717) is 0 Å². The first-order valence-electron chi connectivity index (χ1n) is 11.6. The first kappa shape index (κ1) is 25.3. The lowest BCUT2D eigenvalue weighted by atomic mass is 9.88. The van der Waals surface area contributed by atoms with E-state index >= 15 is 0 Å². The van der Waals surface area contributed by atoms with E-state index in [9.17, 15) is 0 Å². The summed E-state index contributed by atoms with van der Waals surface area (Å²) in [5.41, 5.74) is 7.53. The molecule has 2 aromatic carbocycles. The van der Waals surface area contributed by atoms with E-state index < -0.39 is 0 Å². The third-order valence-corrected chi connectivity index (χ3v) is 5.45. The smallest absolute Gasteiger partial charge is 0.0724 e. The largest absolute Gasteiger partial charge is 0.281 e. The standard InChI is InChI=1S/C31H39N/c1-8-15-27-19-13-14-20-29(27)30(32-25(4)26-17-11-10-12-18-26)23-28(16-9-2)24(3)21-22-31(5,6)7/h8-21,25H,2,22-23H2,1,3-7H3/b15-8-,24-21-,28-16-,32-30?. The van der Waals surface area contributed by atoms with Crippen molar-refractivity contribution in [3.8, 4) is 0 Å². The molecule has 0 spiro atoms. The Labute approximate surface area is 196 Å². The van der Waals surface area contributed by atoms with E-state index in [1.807, 2.05) is 6.08 Å². The Morgan fingerprint density at radius 1 is 1.03 bits per heavy atom. The maximum Gasteiger partial charge on any atom is 0.0724 e. The highest BCUT2D eigenvalue weighted by Gasteiger charge is 2.15. The van der Waals surface area contributed by atoms with Crippen LogP contribution in [-0.2, 0) is 0 Å². The third-order valence-electron chi connectivity index (χ3n) is 5.45. The van der Waals surface area contributed by atoms with Crippen LogP contribution in [0.1, 0.15) is 77.1 Å². The van der Waals surface area contributed by atoms with Gasteiger partial charge >= 0.3 is 0 Å². The van der Waals surface area contributed by atoms with Gasteiger partial charge in [0.2, 0.25) is 0 Å². The lowest BCUT2D eigenvalue weighted by Gasteiger charge is -2.18. The first-order valence-corrected chi connectivity index (χ1v) is 11.6. The van der Waals surface area contributed by atoms with E-state index in [4.69, 9.17) is 4.99 Å². The minimum atomic E-state index is 0.0775. The fraction of sp³-hybridized carbons (Fsp3) is 0.323. The Bertz CT molecular complexity index is 994. The minimum Gasteiger partial charge on any atom is -0.281 e. The van der Waals surface area contributed by atoms with Gasteiger partial charge < -0.3 is 0 Å². The van der Waals surface area contributed by atoms with E-state index in [-0.39, 0.29) is 11.5 Å². The number of allylic oxidation sites excluding steroid dienone is 6. The molecular weight excluding hydrogens is 386 g/mol. The molecule has 0 saturated carbocycles. The summed E-state index contributed by atoms with van der Waals surface area (Å²) < 4.78 is 0. The monoisotopic (exact) mass is 425 g/mol. The normalized spacial score (nSPS) is 14.6. The van der Waals surface area contributed by atoms with Crippen molar-refractivity contribution in [3.05, 3.63) is 113 Å². The second-order valence-corrected chi connectivity index (χ2v) is 9.51. The summed E-state index contributed by atoms with van der Waals surface area (Å²) >= 11 is 0. The van der Waals surface area contributed by atoms with Crippen LogP contribution in [0.25, 0.3) is 6.08 Å². The highest BCUT2D eigenvalue weighted by Crippen LogP contribution is 2.27. The Morgan fingerprint density at radius 2 is 1.69 bits per heavy atom. The third kappa shape index (κ3) is 7.96. The average molecular weight is 426 g/mol. The molecule has 32 heavy (non-hydrogen) atoms. The maximum absolute atomic E-state index is 5.25. The van der Waals surface area contributed by atoms with Crippen molar-refractivity contribution < 1.29 is 0 Å². The van der Waals surface area contributed by atoms with Crippen molar-refractivity contribution in [1.82, 2.24) is 0 Å². The molecule has 168 valence electrons. The number of hydrogen-bond donors (Lipinski definition) is 0. The molecule has 2 aromatic rings. The van der Waals surface area contributed by atoms with Gasteiger partial charge in [-0.15, -0.1) is 0 Å². The first-order chi connectivity index (χ1) is 15.2. The highest BCUT2D eigenvalue weighted by atomic mass is 14.8. The van der Waals surface area contributed by atoms with Crippen LogP contribution in [0.4, 0.5) is 0 Å². The molecule has 1 heteroatoms. The summed E-state index contributed by atoms with van der Waals surface area (Å²) in [5, 5.41) is 0. The zero-order valence-corrected chi connectivity index (χ0v) is 20.7. The second kappa shape index (κ2) is 12.2. The van der Waals surface area contributed by atoms with Gasteiger partial charge in [-0.25, -0.2) is 0 Å². The Morgan fingerprint density at radius 3 is 2.31 bits per heavy atom. The summed E-state index contributed by atoms with van der Waals surface area (Å²) in [5.74, 6) is 0. The molecule has 1 nitrogen and oxygen atoms in total. The zero-order valence-electron chi connectivity index (χ0n) is 20.7. The van der Waals surface area contributed by atoms with Crippen molar-refractivity contribution in [2.24, 2.45) is 10.4 Å². The second-order valence-electron chi connectivity index (χ2n) is 9.51. The quantitative estimate of drug-likeness (QED) is 0.280. The highest BCUT2D eigenvalue weighted by molar-refractivity contribution is 6.05. The molecule has 1 unspecified atom stereocenters. The molecule has 0 amide bonds. The molecule has 0 fully saturated rings. The number of aliphatic imine (C=N–C) groups is 1. The van der Waals surface area contributed by atoms with Crippen LogP contribution < -0.4 is 0 Å². The lowest BCUT2D eigenvalue weighted by Crippen LogP contribution is -2.09. The molecule has 0 aliphatic carbocycles. The fourth-order valence-electron chi connectivity index (χ4n) is 3.58. The topological polar surface area (TPSA) is 12.4 Å². The summed E-state index contributed by atoms with van der Waals surface area (Å²) in [6, 6.07) is 19.1. The molecule has 0 saturated heterocycles.